The lowest BCUT2D eigenvalue weighted by Crippen LogP contribution is -2.18. The van der Waals surface area contributed by atoms with Crippen LogP contribution in [0, 0.1) is 5.82 Å². The van der Waals surface area contributed by atoms with Gasteiger partial charge in [-0.15, -0.1) is 11.3 Å². The highest BCUT2D eigenvalue weighted by Gasteiger charge is 2.11. The maximum atomic E-state index is 13.9. The van der Waals surface area contributed by atoms with Crippen molar-refractivity contribution in [2.75, 3.05) is 5.32 Å². The van der Waals surface area contributed by atoms with E-state index in [1.807, 2.05) is 18.6 Å². The predicted molar refractivity (Wildman–Crippen MR) is 78.4 cm³/mol. The summed E-state index contributed by atoms with van der Waals surface area (Å²) in [6, 6.07) is 4.98. The minimum absolute atomic E-state index is 0.133. The molecule has 0 bridgehead atoms. The number of hydrogen-bond donors (Lipinski definition) is 1. The van der Waals surface area contributed by atoms with Crippen LogP contribution in [-0.2, 0) is 6.42 Å². The third kappa shape index (κ3) is 2.60. The smallest absolute Gasteiger partial charge is 0.140 e. The van der Waals surface area contributed by atoms with Crippen LogP contribution in [0.1, 0.15) is 11.8 Å². The maximum Gasteiger partial charge on any atom is 0.140 e. The van der Waals surface area contributed by atoms with Crippen LogP contribution in [0.3, 0.4) is 0 Å². The molecule has 1 N–H and O–H groups in total. The maximum absolute atomic E-state index is 13.9. The highest BCUT2D eigenvalue weighted by atomic mass is 32.1. The molecule has 1 atom stereocenters. The van der Waals surface area contributed by atoms with Crippen LogP contribution in [0.2, 0.25) is 0 Å². The van der Waals surface area contributed by atoms with Crippen LogP contribution >= 0.6 is 11.3 Å². The molecule has 0 radical (unpaired) electrons. The van der Waals surface area contributed by atoms with E-state index in [2.05, 4.69) is 20.3 Å². The second kappa shape index (κ2) is 5.50. The Morgan fingerprint density at radius 1 is 1.35 bits per heavy atom. The van der Waals surface area contributed by atoms with E-state index in [1.54, 1.807) is 23.5 Å². The van der Waals surface area contributed by atoms with E-state index < -0.39 is 0 Å². The minimum atomic E-state index is -0.310. The van der Waals surface area contributed by atoms with Crippen molar-refractivity contribution in [1.29, 1.82) is 0 Å². The number of anilines is 1. The summed E-state index contributed by atoms with van der Waals surface area (Å²) in [6.45, 7) is 2.04. The van der Waals surface area contributed by atoms with Crippen molar-refractivity contribution in [2.45, 2.75) is 19.4 Å². The van der Waals surface area contributed by atoms with E-state index in [0.717, 1.165) is 6.42 Å². The van der Waals surface area contributed by atoms with Crippen molar-refractivity contribution in [3.63, 3.8) is 0 Å². The van der Waals surface area contributed by atoms with E-state index in [4.69, 9.17) is 0 Å². The summed E-state index contributed by atoms with van der Waals surface area (Å²) in [4.78, 5) is 13.5. The molecule has 102 valence electrons. The summed E-state index contributed by atoms with van der Waals surface area (Å²) < 4.78 is 13.9. The monoisotopic (exact) mass is 288 g/mol. The van der Waals surface area contributed by atoms with Crippen molar-refractivity contribution in [2.24, 2.45) is 0 Å². The van der Waals surface area contributed by atoms with Crippen molar-refractivity contribution in [1.82, 2.24) is 15.0 Å². The standard InChI is InChI=1S/C14H13FN4S/c1-9(5-10-6-16-8-20-10)19-14-13-11(15)3-2-4-12(13)17-7-18-14/h2-4,6-9H,5H2,1H3,(H,17,18,19)/t9-/m0/s1. The van der Waals surface area contributed by atoms with E-state index in [0.29, 0.717) is 16.7 Å². The first-order valence-electron chi connectivity index (χ1n) is 6.27. The zero-order chi connectivity index (χ0) is 13.9. The Morgan fingerprint density at radius 3 is 3.05 bits per heavy atom. The number of aromatic nitrogens is 3. The van der Waals surface area contributed by atoms with Gasteiger partial charge >= 0.3 is 0 Å². The van der Waals surface area contributed by atoms with Crippen molar-refractivity contribution in [3.8, 4) is 0 Å². The quantitative estimate of drug-likeness (QED) is 0.800. The molecule has 0 amide bonds. The van der Waals surface area contributed by atoms with Crippen LogP contribution in [-0.4, -0.2) is 21.0 Å². The van der Waals surface area contributed by atoms with Crippen LogP contribution in [0.5, 0.6) is 0 Å². The zero-order valence-electron chi connectivity index (χ0n) is 10.9. The third-order valence-electron chi connectivity index (χ3n) is 2.99. The fourth-order valence-corrected chi connectivity index (χ4v) is 2.83. The summed E-state index contributed by atoms with van der Waals surface area (Å²) in [5.41, 5.74) is 2.41. The molecule has 6 heteroatoms. The molecule has 20 heavy (non-hydrogen) atoms. The fraction of sp³-hybridized carbons (Fsp3) is 0.214. The Balaban J connectivity index is 1.87. The summed E-state index contributed by atoms with van der Waals surface area (Å²) in [7, 11) is 0. The molecular weight excluding hydrogens is 275 g/mol. The Kier molecular flexibility index (Phi) is 3.56. The number of rotatable bonds is 4. The molecule has 0 saturated carbocycles. The molecule has 3 aromatic rings. The lowest BCUT2D eigenvalue weighted by atomic mass is 10.2. The van der Waals surface area contributed by atoms with Crippen LogP contribution in [0.25, 0.3) is 10.9 Å². The molecule has 0 aliphatic carbocycles. The van der Waals surface area contributed by atoms with E-state index in [9.17, 15) is 4.39 Å². The average Bonchev–Trinajstić information content (AvgIpc) is 2.92. The van der Waals surface area contributed by atoms with Gasteiger partial charge in [-0.1, -0.05) is 6.07 Å². The molecule has 0 saturated heterocycles. The van der Waals surface area contributed by atoms with Gasteiger partial charge < -0.3 is 5.32 Å². The fourth-order valence-electron chi connectivity index (χ4n) is 2.11. The molecular formula is C14H13FN4S. The molecule has 2 heterocycles. The summed E-state index contributed by atoms with van der Waals surface area (Å²) in [5.74, 6) is 0.223. The number of fused-ring (bicyclic) bond motifs is 1. The summed E-state index contributed by atoms with van der Waals surface area (Å²) in [6.07, 6.45) is 4.12. The van der Waals surface area contributed by atoms with Gasteiger partial charge in [0.1, 0.15) is 18.0 Å². The minimum Gasteiger partial charge on any atom is -0.367 e. The van der Waals surface area contributed by atoms with Gasteiger partial charge in [0.15, 0.2) is 0 Å². The Hall–Kier alpha value is -2.08. The number of nitrogens with zero attached hydrogens (tertiary/aromatic N) is 3. The SMILES string of the molecule is C[C@@H](Cc1cncs1)Nc1ncnc2cccc(F)c12. The van der Waals surface area contributed by atoms with Gasteiger partial charge in [-0.25, -0.2) is 14.4 Å². The molecule has 4 nitrogen and oxygen atoms in total. The van der Waals surface area contributed by atoms with E-state index in [-0.39, 0.29) is 11.9 Å². The molecule has 1 aromatic carbocycles. The number of hydrogen-bond acceptors (Lipinski definition) is 5. The van der Waals surface area contributed by atoms with Gasteiger partial charge in [-0.2, -0.15) is 0 Å². The van der Waals surface area contributed by atoms with Crippen molar-refractivity contribution >= 4 is 28.1 Å². The van der Waals surface area contributed by atoms with Gasteiger partial charge in [-0.3, -0.25) is 4.98 Å². The predicted octanol–water partition coefficient (Wildman–Crippen LogP) is 3.27. The van der Waals surface area contributed by atoms with E-state index >= 15 is 0 Å². The van der Waals surface area contributed by atoms with E-state index in [1.165, 1.54) is 17.3 Å². The topological polar surface area (TPSA) is 50.7 Å². The summed E-state index contributed by atoms with van der Waals surface area (Å²) in [5, 5.41) is 3.69. The van der Waals surface area contributed by atoms with Gasteiger partial charge in [0, 0.05) is 23.5 Å². The van der Waals surface area contributed by atoms with Crippen LogP contribution < -0.4 is 5.32 Å². The van der Waals surface area contributed by atoms with Gasteiger partial charge in [0.25, 0.3) is 0 Å². The first-order valence-corrected chi connectivity index (χ1v) is 7.15. The molecule has 0 aliphatic heterocycles. The van der Waals surface area contributed by atoms with Crippen LogP contribution in [0.4, 0.5) is 10.2 Å². The number of thiazole rings is 1. The Labute approximate surface area is 119 Å². The van der Waals surface area contributed by atoms with Crippen LogP contribution in [0.15, 0.2) is 36.2 Å². The second-order valence-corrected chi connectivity index (χ2v) is 5.54. The Morgan fingerprint density at radius 2 is 2.25 bits per heavy atom. The third-order valence-corrected chi connectivity index (χ3v) is 3.79. The van der Waals surface area contributed by atoms with Gasteiger partial charge in [0.2, 0.25) is 0 Å². The first kappa shape index (κ1) is 12.9. The lowest BCUT2D eigenvalue weighted by Gasteiger charge is -2.15. The molecule has 0 fully saturated rings. The normalized spacial score (nSPS) is 12.5. The first-order chi connectivity index (χ1) is 9.74. The second-order valence-electron chi connectivity index (χ2n) is 4.57. The largest absolute Gasteiger partial charge is 0.367 e. The molecule has 0 unspecified atom stereocenters. The van der Waals surface area contributed by atoms with Crippen molar-refractivity contribution < 1.29 is 4.39 Å². The Bertz CT molecular complexity index is 709. The number of halogens is 1. The molecule has 2 aromatic heterocycles. The number of nitrogens with one attached hydrogen (secondary N) is 1. The molecule has 3 rings (SSSR count). The average molecular weight is 288 g/mol. The van der Waals surface area contributed by atoms with Gasteiger partial charge in [0.05, 0.1) is 16.4 Å². The molecule has 0 aliphatic rings. The highest BCUT2D eigenvalue weighted by molar-refractivity contribution is 7.09. The zero-order valence-corrected chi connectivity index (χ0v) is 11.7. The highest BCUT2D eigenvalue weighted by Crippen LogP contribution is 2.23. The lowest BCUT2D eigenvalue weighted by molar-refractivity contribution is 0.639. The number of benzene rings is 1. The van der Waals surface area contributed by atoms with Gasteiger partial charge in [-0.05, 0) is 19.1 Å². The van der Waals surface area contributed by atoms with Crippen molar-refractivity contribution in [3.05, 3.63) is 46.9 Å². The molecule has 0 spiro atoms. The summed E-state index contributed by atoms with van der Waals surface area (Å²) >= 11 is 1.61.